The normalized spacial score (nSPS) is 16.9. The van der Waals surface area contributed by atoms with E-state index in [2.05, 4.69) is 10.3 Å². The zero-order valence-electron chi connectivity index (χ0n) is 13.5. The first-order valence-electron chi connectivity index (χ1n) is 7.96. The summed E-state index contributed by atoms with van der Waals surface area (Å²) < 4.78 is 0. The van der Waals surface area contributed by atoms with E-state index in [0.29, 0.717) is 22.4 Å². The Morgan fingerprint density at radius 1 is 1.27 bits per heavy atom. The molecule has 0 aliphatic carbocycles. The highest BCUT2D eigenvalue weighted by atomic mass is 35.5. The van der Waals surface area contributed by atoms with E-state index in [-0.39, 0.29) is 18.2 Å². The summed E-state index contributed by atoms with van der Waals surface area (Å²) in [5.41, 5.74) is 1.57. The van der Waals surface area contributed by atoms with Crippen LogP contribution in [0.1, 0.15) is 6.42 Å². The summed E-state index contributed by atoms with van der Waals surface area (Å²) in [5.74, 6) is -0.670. The van der Waals surface area contributed by atoms with Crippen molar-refractivity contribution in [1.82, 2.24) is 4.98 Å². The van der Waals surface area contributed by atoms with Gasteiger partial charge in [0.05, 0.1) is 16.5 Å². The number of carbonyl (C=O) groups is 2. The Morgan fingerprint density at radius 2 is 2.15 bits per heavy atom. The number of amides is 2. The number of halogens is 1. The fourth-order valence-corrected chi connectivity index (χ4v) is 4.51. The summed E-state index contributed by atoms with van der Waals surface area (Å²) in [7, 11) is 0. The number of nitrogens with zero attached hydrogens (tertiary/aromatic N) is 2. The summed E-state index contributed by atoms with van der Waals surface area (Å²) in [6.45, 7) is 0.341. The van der Waals surface area contributed by atoms with E-state index in [1.165, 1.54) is 11.3 Å². The molecule has 26 heavy (non-hydrogen) atoms. The molecule has 0 bridgehead atoms. The van der Waals surface area contributed by atoms with Crippen LogP contribution in [0.3, 0.4) is 0 Å². The van der Waals surface area contributed by atoms with Crippen molar-refractivity contribution in [3.63, 3.8) is 0 Å². The number of benzene rings is 1. The topological polar surface area (TPSA) is 62.3 Å². The number of nitrogens with one attached hydrogen (secondary N) is 1. The summed E-state index contributed by atoms with van der Waals surface area (Å²) in [6.07, 6.45) is 0.182. The van der Waals surface area contributed by atoms with Crippen molar-refractivity contribution in [1.29, 1.82) is 0 Å². The van der Waals surface area contributed by atoms with Crippen LogP contribution in [0.2, 0.25) is 5.02 Å². The zero-order chi connectivity index (χ0) is 18.1. The molecule has 1 aromatic carbocycles. The number of thiazole rings is 1. The lowest BCUT2D eigenvalue weighted by Crippen LogP contribution is -2.28. The van der Waals surface area contributed by atoms with Gasteiger partial charge in [0, 0.05) is 29.1 Å². The van der Waals surface area contributed by atoms with Gasteiger partial charge in [-0.3, -0.25) is 9.59 Å². The molecule has 2 aromatic heterocycles. The molecule has 1 N–H and O–H groups in total. The van der Waals surface area contributed by atoms with Gasteiger partial charge in [0.25, 0.3) is 0 Å². The standard InChI is InChI=1S/C18H14ClN3O2S2/c19-12-3-1-4-13(8-12)22-9-11(7-16(22)23)17(24)21-18-20-14(10-26-18)15-5-2-6-25-15/h1-6,8,10-11H,7,9H2,(H,20,21,24). The summed E-state index contributed by atoms with van der Waals surface area (Å²) >= 11 is 8.98. The highest BCUT2D eigenvalue weighted by Gasteiger charge is 2.35. The molecule has 1 fully saturated rings. The van der Waals surface area contributed by atoms with Gasteiger partial charge in [-0.2, -0.15) is 0 Å². The Bertz CT molecular complexity index is 955. The van der Waals surface area contributed by atoms with Crippen LogP contribution < -0.4 is 10.2 Å². The lowest BCUT2D eigenvalue weighted by Gasteiger charge is -2.16. The maximum Gasteiger partial charge on any atom is 0.231 e. The number of rotatable bonds is 4. The second kappa shape index (κ2) is 7.19. The van der Waals surface area contributed by atoms with Crippen LogP contribution in [-0.4, -0.2) is 23.3 Å². The van der Waals surface area contributed by atoms with E-state index in [0.717, 1.165) is 10.6 Å². The van der Waals surface area contributed by atoms with E-state index in [4.69, 9.17) is 11.6 Å². The van der Waals surface area contributed by atoms with E-state index >= 15 is 0 Å². The summed E-state index contributed by atoms with van der Waals surface area (Å²) in [6, 6.07) is 11.0. The largest absolute Gasteiger partial charge is 0.312 e. The minimum Gasteiger partial charge on any atom is -0.312 e. The monoisotopic (exact) mass is 403 g/mol. The van der Waals surface area contributed by atoms with Crippen molar-refractivity contribution >= 4 is 56.9 Å². The van der Waals surface area contributed by atoms with Gasteiger partial charge < -0.3 is 10.2 Å². The van der Waals surface area contributed by atoms with E-state index < -0.39 is 5.92 Å². The third kappa shape index (κ3) is 3.51. The quantitative estimate of drug-likeness (QED) is 0.696. The van der Waals surface area contributed by atoms with Crippen molar-refractivity contribution in [2.45, 2.75) is 6.42 Å². The second-order valence-electron chi connectivity index (χ2n) is 5.89. The van der Waals surface area contributed by atoms with Gasteiger partial charge in [0.15, 0.2) is 5.13 Å². The Kier molecular flexibility index (Phi) is 4.76. The van der Waals surface area contributed by atoms with Gasteiger partial charge in [-0.05, 0) is 29.6 Å². The van der Waals surface area contributed by atoms with Gasteiger partial charge in [0.2, 0.25) is 11.8 Å². The molecule has 0 saturated carbocycles. The van der Waals surface area contributed by atoms with E-state index in [1.807, 2.05) is 29.0 Å². The van der Waals surface area contributed by atoms with Gasteiger partial charge >= 0.3 is 0 Å². The first-order chi connectivity index (χ1) is 12.6. The number of anilines is 2. The molecule has 3 heterocycles. The molecule has 1 atom stereocenters. The van der Waals surface area contributed by atoms with Crippen LogP contribution in [0.15, 0.2) is 47.2 Å². The predicted molar refractivity (Wildman–Crippen MR) is 106 cm³/mol. The minimum absolute atomic E-state index is 0.0779. The number of thiophene rings is 1. The third-order valence-corrected chi connectivity index (χ3v) is 6.01. The third-order valence-electron chi connectivity index (χ3n) is 4.12. The lowest BCUT2D eigenvalue weighted by atomic mass is 10.1. The van der Waals surface area contributed by atoms with Crippen LogP contribution in [0.5, 0.6) is 0 Å². The Labute approximate surface area is 163 Å². The van der Waals surface area contributed by atoms with Gasteiger partial charge in [0.1, 0.15) is 0 Å². The molecular weight excluding hydrogens is 390 g/mol. The fraction of sp³-hybridized carbons (Fsp3) is 0.167. The Morgan fingerprint density at radius 3 is 2.92 bits per heavy atom. The maximum absolute atomic E-state index is 12.6. The average Bonchev–Trinajstić information content (AvgIpc) is 3.34. The van der Waals surface area contributed by atoms with Crippen molar-refractivity contribution in [2.24, 2.45) is 5.92 Å². The van der Waals surface area contributed by atoms with Crippen LogP contribution in [0.25, 0.3) is 10.6 Å². The molecule has 1 aliphatic heterocycles. The van der Waals surface area contributed by atoms with Gasteiger partial charge in [-0.25, -0.2) is 4.98 Å². The maximum atomic E-state index is 12.6. The van der Waals surface area contributed by atoms with E-state index in [9.17, 15) is 9.59 Å². The van der Waals surface area contributed by atoms with Gasteiger partial charge in [-0.15, -0.1) is 22.7 Å². The molecule has 132 valence electrons. The second-order valence-corrected chi connectivity index (χ2v) is 8.13. The molecular formula is C18H14ClN3O2S2. The molecule has 3 aromatic rings. The predicted octanol–water partition coefficient (Wildman–Crippen LogP) is 4.52. The van der Waals surface area contributed by atoms with Crippen molar-refractivity contribution in [2.75, 3.05) is 16.8 Å². The molecule has 0 spiro atoms. The number of aromatic nitrogens is 1. The number of hydrogen-bond acceptors (Lipinski definition) is 5. The SMILES string of the molecule is O=C(Nc1nc(-c2cccs2)cs1)C1CC(=O)N(c2cccc(Cl)c2)C1. The molecule has 2 amide bonds. The van der Waals surface area contributed by atoms with Crippen molar-refractivity contribution in [3.8, 4) is 10.6 Å². The Balaban J connectivity index is 1.44. The van der Waals surface area contributed by atoms with Crippen LogP contribution in [0.4, 0.5) is 10.8 Å². The van der Waals surface area contributed by atoms with Crippen LogP contribution >= 0.6 is 34.3 Å². The van der Waals surface area contributed by atoms with Crippen molar-refractivity contribution in [3.05, 3.63) is 52.2 Å². The van der Waals surface area contributed by atoms with Crippen LogP contribution in [-0.2, 0) is 9.59 Å². The molecule has 1 saturated heterocycles. The first-order valence-corrected chi connectivity index (χ1v) is 10.1. The summed E-state index contributed by atoms with van der Waals surface area (Å²) in [4.78, 5) is 32.0. The summed E-state index contributed by atoms with van der Waals surface area (Å²) in [5, 5.41) is 7.85. The van der Waals surface area contributed by atoms with Gasteiger partial charge in [-0.1, -0.05) is 23.7 Å². The first kappa shape index (κ1) is 17.2. The molecule has 8 heteroatoms. The van der Waals surface area contributed by atoms with E-state index in [1.54, 1.807) is 34.4 Å². The molecule has 1 aliphatic rings. The fourth-order valence-electron chi connectivity index (χ4n) is 2.85. The molecule has 4 rings (SSSR count). The average molecular weight is 404 g/mol. The molecule has 0 radical (unpaired) electrons. The lowest BCUT2D eigenvalue weighted by molar-refractivity contribution is -0.122. The Hall–Kier alpha value is -2.22. The highest BCUT2D eigenvalue weighted by molar-refractivity contribution is 7.16. The smallest absolute Gasteiger partial charge is 0.231 e. The molecule has 1 unspecified atom stereocenters. The zero-order valence-corrected chi connectivity index (χ0v) is 15.9. The molecule has 5 nitrogen and oxygen atoms in total. The number of carbonyl (C=O) groups excluding carboxylic acids is 2. The highest BCUT2D eigenvalue weighted by Crippen LogP contribution is 2.30. The number of hydrogen-bond donors (Lipinski definition) is 1. The minimum atomic E-state index is -0.407. The van der Waals surface area contributed by atoms with Crippen molar-refractivity contribution < 1.29 is 9.59 Å². The van der Waals surface area contributed by atoms with Crippen LogP contribution in [0, 0.1) is 5.92 Å².